The monoisotopic (exact) mass is 439 g/mol. The Balaban J connectivity index is 2.44. The molecule has 0 fully saturated rings. The Morgan fingerprint density at radius 1 is 1.13 bits per heavy atom. The molecule has 1 rings (SSSR count). The van der Waals surface area contributed by atoms with Gasteiger partial charge in [0, 0.05) is 49.5 Å². The third-order valence-electron chi connectivity index (χ3n) is 5.74. The van der Waals surface area contributed by atoms with Gasteiger partial charge in [0.2, 0.25) is 17.7 Å². The maximum Gasteiger partial charge on any atom is 0.248 e. The van der Waals surface area contributed by atoms with Crippen LogP contribution in [0.1, 0.15) is 60.3 Å². The van der Waals surface area contributed by atoms with Crippen LogP contribution < -0.4 is 16.0 Å². The first kappa shape index (κ1) is 27.0. The number of carbonyl (C=O) groups is 3. The van der Waals surface area contributed by atoms with Crippen molar-refractivity contribution >= 4 is 23.4 Å². The van der Waals surface area contributed by atoms with Crippen molar-refractivity contribution in [2.75, 3.05) is 46.4 Å². The van der Waals surface area contributed by atoms with Gasteiger partial charge >= 0.3 is 0 Å². The molecule has 1 aliphatic heterocycles. The Bertz CT molecular complexity index is 644. The van der Waals surface area contributed by atoms with Crippen molar-refractivity contribution in [2.45, 2.75) is 60.3 Å². The molecule has 0 aliphatic carbocycles. The first-order valence-corrected chi connectivity index (χ1v) is 11.2. The standard InChI is InChI=1S/C22H41N5O4/c1-7-22(8-2,14-24-17(3)28)16-31-15-21(4,5)13-25-19(29)12-27-20(30)11-18(26-27)9-10-23-6/h23H,7-16H2,1-6H3,(H,24,28)(H,25,29). The molecule has 0 radical (unpaired) electrons. The van der Waals surface area contributed by atoms with Crippen LogP contribution in [0, 0.1) is 10.8 Å². The van der Waals surface area contributed by atoms with Crippen molar-refractivity contribution in [1.29, 1.82) is 0 Å². The summed E-state index contributed by atoms with van der Waals surface area (Å²) in [6.45, 7) is 12.5. The number of amides is 3. The van der Waals surface area contributed by atoms with Crippen LogP contribution >= 0.6 is 0 Å². The zero-order valence-corrected chi connectivity index (χ0v) is 20.1. The van der Waals surface area contributed by atoms with E-state index in [9.17, 15) is 14.4 Å². The van der Waals surface area contributed by atoms with E-state index in [0.29, 0.717) is 32.7 Å². The van der Waals surface area contributed by atoms with Gasteiger partial charge in [-0.3, -0.25) is 14.4 Å². The van der Waals surface area contributed by atoms with Crippen molar-refractivity contribution in [3.63, 3.8) is 0 Å². The molecule has 0 aromatic carbocycles. The lowest BCUT2D eigenvalue weighted by molar-refractivity contribution is -0.134. The second kappa shape index (κ2) is 12.8. The van der Waals surface area contributed by atoms with Crippen molar-refractivity contribution in [3.8, 4) is 0 Å². The van der Waals surface area contributed by atoms with E-state index in [1.54, 1.807) is 0 Å². The van der Waals surface area contributed by atoms with Crippen LogP contribution in [0.25, 0.3) is 0 Å². The number of carbonyl (C=O) groups excluding carboxylic acids is 3. The SMILES string of the molecule is CCC(CC)(CNC(C)=O)COCC(C)(C)CNC(=O)CN1N=C(CCNC)CC1=O. The van der Waals surface area contributed by atoms with Gasteiger partial charge in [-0.05, 0) is 19.9 Å². The molecule has 9 nitrogen and oxygen atoms in total. The molecule has 0 aromatic rings. The number of ether oxygens (including phenoxy) is 1. The van der Waals surface area contributed by atoms with Crippen LogP contribution in [0.5, 0.6) is 0 Å². The predicted molar refractivity (Wildman–Crippen MR) is 122 cm³/mol. The van der Waals surface area contributed by atoms with Gasteiger partial charge in [-0.25, -0.2) is 5.01 Å². The topological polar surface area (TPSA) is 112 Å². The molecular weight excluding hydrogens is 398 g/mol. The van der Waals surface area contributed by atoms with Gasteiger partial charge < -0.3 is 20.7 Å². The third-order valence-corrected chi connectivity index (χ3v) is 5.74. The molecule has 1 aliphatic rings. The molecule has 178 valence electrons. The zero-order chi connectivity index (χ0) is 23.5. The van der Waals surface area contributed by atoms with Gasteiger partial charge in [0.1, 0.15) is 6.54 Å². The fourth-order valence-corrected chi connectivity index (χ4v) is 3.25. The van der Waals surface area contributed by atoms with E-state index in [4.69, 9.17) is 4.74 Å². The second-order valence-electron chi connectivity index (χ2n) is 9.20. The molecule has 9 heteroatoms. The summed E-state index contributed by atoms with van der Waals surface area (Å²) in [4.78, 5) is 35.6. The van der Waals surface area contributed by atoms with Gasteiger partial charge in [0.15, 0.2) is 0 Å². The minimum absolute atomic E-state index is 0.0377. The number of hydrogen-bond donors (Lipinski definition) is 3. The summed E-state index contributed by atoms with van der Waals surface area (Å²) in [7, 11) is 1.85. The fourth-order valence-electron chi connectivity index (χ4n) is 3.25. The molecule has 0 spiro atoms. The maximum absolute atomic E-state index is 12.3. The molecule has 3 amide bonds. The molecule has 0 bridgehead atoms. The van der Waals surface area contributed by atoms with E-state index in [0.717, 1.165) is 25.1 Å². The van der Waals surface area contributed by atoms with E-state index < -0.39 is 0 Å². The van der Waals surface area contributed by atoms with Crippen LogP contribution in [0.4, 0.5) is 0 Å². The lowest BCUT2D eigenvalue weighted by Gasteiger charge is -2.33. The van der Waals surface area contributed by atoms with Gasteiger partial charge in [-0.1, -0.05) is 27.7 Å². The lowest BCUT2D eigenvalue weighted by atomic mass is 9.83. The molecule has 31 heavy (non-hydrogen) atoms. The number of hydrogen-bond acceptors (Lipinski definition) is 6. The Morgan fingerprint density at radius 3 is 2.39 bits per heavy atom. The number of nitrogens with one attached hydrogen (secondary N) is 3. The van der Waals surface area contributed by atoms with Gasteiger partial charge in [-0.15, -0.1) is 0 Å². The number of nitrogens with zero attached hydrogens (tertiary/aromatic N) is 2. The summed E-state index contributed by atoms with van der Waals surface area (Å²) in [6.07, 6.45) is 2.79. The number of hydrazone groups is 1. The Hall–Kier alpha value is -2.00. The second-order valence-corrected chi connectivity index (χ2v) is 9.20. The first-order chi connectivity index (χ1) is 14.6. The quantitative estimate of drug-likeness (QED) is 0.356. The average molecular weight is 440 g/mol. The van der Waals surface area contributed by atoms with Crippen molar-refractivity contribution in [3.05, 3.63) is 0 Å². The van der Waals surface area contributed by atoms with Crippen LogP contribution in [-0.4, -0.2) is 74.9 Å². The van der Waals surface area contributed by atoms with Crippen molar-refractivity contribution < 1.29 is 19.1 Å². The summed E-state index contributed by atoms with van der Waals surface area (Å²) in [5, 5.41) is 14.3. The van der Waals surface area contributed by atoms with E-state index in [1.807, 2.05) is 20.9 Å². The van der Waals surface area contributed by atoms with E-state index in [-0.39, 0.29) is 41.5 Å². The summed E-state index contributed by atoms with van der Waals surface area (Å²) in [6, 6.07) is 0. The fraction of sp³-hybridized carbons (Fsp3) is 0.818. The maximum atomic E-state index is 12.3. The van der Waals surface area contributed by atoms with Gasteiger partial charge in [0.25, 0.3) is 0 Å². The Kier molecular flexibility index (Phi) is 11.1. The van der Waals surface area contributed by atoms with Crippen LogP contribution in [0.2, 0.25) is 0 Å². The molecule has 0 aromatic heterocycles. The highest BCUT2D eigenvalue weighted by Crippen LogP contribution is 2.27. The highest BCUT2D eigenvalue weighted by Gasteiger charge is 2.29. The molecule has 1 heterocycles. The molecule has 3 N–H and O–H groups in total. The molecule has 0 unspecified atom stereocenters. The van der Waals surface area contributed by atoms with E-state index in [1.165, 1.54) is 11.9 Å². The molecular formula is C22H41N5O4. The highest BCUT2D eigenvalue weighted by molar-refractivity contribution is 6.05. The van der Waals surface area contributed by atoms with Crippen molar-refractivity contribution in [2.24, 2.45) is 15.9 Å². The summed E-state index contributed by atoms with van der Waals surface area (Å²) in [5.74, 6) is -0.412. The van der Waals surface area contributed by atoms with Gasteiger partial charge in [-0.2, -0.15) is 5.10 Å². The largest absolute Gasteiger partial charge is 0.380 e. The highest BCUT2D eigenvalue weighted by atomic mass is 16.5. The Morgan fingerprint density at radius 2 is 1.81 bits per heavy atom. The summed E-state index contributed by atoms with van der Waals surface area (Å²) < 4.78 is 6.02. The van der Waals surface area contributed by atoms with Crippen molar-refractivity contribution in [1.82, 2.24) is 21.0 Å². The van der Waals surface area contributed by atoms with E-state index >= 15 is 0 Å². The lowest BCUT2D eigenvalue weighted by Crippen LogP contribution is -2.43. The van der Waals surface area contributed by atoms with E-state index in [2.05, 4.69) is 34.9 Å². The van der Waals surface area contributed by atoms with Gasteiger partial charge in [0.05, 0.1) is 19.6 Å². The zero-order valence-electron chi connectivity index (χ0n) is 20.1. The minimum Gasteiger partial charge on any atom is -0.380 e. The average Bonchev–Trinajstić information content (AvgIpc) is 3.06. The third kappa shape index (κ3) is 9.78. The molecule has 0 saturated carbocycles. The van der Waals surface area contributed by atoms with Crippen LogP contribution in [-0.2, 0) is 19.1 Å². The first-order valence-electron chi connectivity index (χ1n) is 11.2. The predicted octanol–water partition coefficient (Wildman–Crippen LogP) is 1.29. The summed E-state index contributed by atoms with van der Waals surface area (Å²) in [5.41, 5.74) is 0.438. The van der Waals surface area contributed by atoms with Crippen LogP contribution in [0.15, 0.2) is 5.10 Å². The summed E-state index contributed by atoms with van der Waals surface area (Å²) >= 11 is 0. The molecule has 0 atom stereocenters. The number of rotatable bonds is 15. The smallest absolute Gasteiger partial charge is 0.248 e. The molecule has 0 saturated heterocycles. The van der Waals surface area contributed by atoms with Crippen LogP contribution in [0.3, 0.4) is 0 Å². The normalized spacial score (nSPS) is 14.6. The minimum atomic E-state index is -0.271. The Labute approximate surface area is 186 Å².